The molecule has 29 heavy (non-hydrogen) atoms. The summed E-state index contributed by atoms with van der Waals surface area (Å²) in [6.07, 6.45) is 5.62. The van der Waals surface area contributed by atoms with Gasteiger partial charge in [0.15, 0.2) is 0 Å². The highest BCUT2D eigenvalue weighted by atomic mass is 32.1. The number of carbonyl (C=O) groups is 2. The number of rotatable bonds is 6. The molecule has 2 amide bonds. The molecule has 0 aliphatic carbocycles. The summed E-state index contributed by atoms with van der Waals surface area (Å²) < 4.78 is 5.62. The molecule has 0 unspecified atom stereocenters. The van der Waals surface area contributed by atoms with E-state index in [2.05, 4.69) is 15.5 Å². The molecule has 1 aromatic heterocycles. The first-order chi connectivity index (χ1) is 14.2. The minimum atomic E-state index is -0.156. The van der Waals surface area contributed by atoms with E-state index in [9.17, 15) is 9.59 Å². The van der Waals surface area contributed by atoms with Gasteiger partial charge in [-0.2, -0.15) is 0 Å². The first kappa shape index (κ1) is 19.9. The van der Waals surface area contributed by atoms with E-state index < -0.39 is 0 Å². The Labute approximate surface area is 175 Å². The van der Waals surface area contributed by atoms with Gasteiger partial charge in [-0.15, -0.1) is 11.3 Å². The Hall–Kier alpha value is -2.38. The normalized spacial score (nSPS) is 19.2. The molecule has 1 aromatic carbocycles. The summed E-state index contributed by atoms with van der Waals surface area (Å²) in [5.74, 6) is -0.273. The Balaban J connectivity index is 1.53. The largest absolute Gasteiger partial charge is 0.376 e. The first-order valence-electron chi connectivity index (χ1n) is 10.3. The van der Waals surface area contributed by atoms with Crippen LogP contribution in [0.2, 0.25) is 0 Å². The average molecular weight is 414 g/mol. The fourth-order valence-corrected chi connectivity index (χ4v) is 4.53. The third kappa shape index (κ3) is 4.97. The fraction of sp³-hybridized carbons (Fsp3) is 0.455. The van der Waals surface area contributed by atoms with E-state index in [1.807, 2.05) is 23.6 Å². The number of anilines is 2. The highest BCUT2D eigenvalue weighted by Crippen LogP contribution is 2.28. The van der Waals surface area contributed by atoms with Crippen LogP contribution < -0.4 is 15.5 Å². The predicted molar refractivity (Wildman–Crippen MR) is 116 cm³/mol. The second kappa shape index (κ2) is 9.41. The van der Waals surface area contributed by atoms with Crippen LogP contribution in [0.5, 0.6) is 0 Å². The van der Waals surface area contributed by atoms with E-state index in [-0.39, 0.29) is 17.9 Å². The lowest BCUT2D eigenvalue weighted by Gasteiger charge is -2.30. The van der Waals surface area contributed by atoms with E-state index in [1.54, 1.807) is 12.1 Å². The summed E-state index contributed by atoms with van der Waals surface area (Å²) in [6.45, 7) is 3.19. The van der Waals surface area contributed by atoms with Crippen LogP contribution >= 0.6 is 11.3 Å². The van der Waals surface area contributed by atoms with Crippen molar-refractivity contribution < 1.29 is 14.3 Å². The topological polar surface area (TPSA) is 70.7 Å². The minimum Gasteiger partial charge on any atom is -0.376 e. The van der Waals surface area contributed by atoms with Crippen LogP contribution in [-0.4, -0.2) is 44.2 Å². The first-order valence-corrected chi connectivity index (χ1v) is 11.2. The fourth-order valence-electron chi connectivity index (χ4n) is 3.91. The van der Waals surface area contributed by atoms with Crippen molar-refractivity contribution in [3.8, 4) is 0 Å². The highest BCUT2D eigenvalue weighted by molar-refractivity contribution is 7.12. The number of nitrogens with one attached hydrogen (secondary N) is 2. The summed E-state index contributed by atoms with van der Waals surface area (Å²) in [7, 11) is 0. The number of carbonyl (C=O) groups excluding carboxylic acids is 2. The van der Waals surface area contributed by atoms with Crippen LogP contribution in [0.4, 0.5) is 11.4 Å². The Kier molecular flexibility index (Phi) is 6.46. The number of piperidine rings is 1. The quantitative estimate of drug-likeness (QED) is 0.754. The highest BCUT2D eigenvalue weighted by Gasteiger charge is 2.22. The number of thiophene rings is 1. The molecule has 2 aromatic rings. The van der Waals surface area contributed by atoms with E-state index in [0.29, 0.717) is 22.7 Å². The van der Waals surface area contributed by atoms with Crippen LogP contribution in [0.1, 0.15) is 52.1 Å². The maximum Gasteiger partial charge on any atom is 0.265 e. The SMILES string of the molecule is O=C(Nc1ccc(N2CCCCC2)c(C(=O)NC[C@H]2CCCO2)c1)c1cccs1. The van der Waals surface area contributed by atoms with Crippen LogP contribution in [-0.2, 0) is 4.74 Å². The van der Waals surface area contributed by atoms with E-state index in [4.69, 9.17) is 4.74 Å². The molecule has 6 nitrogen and oxygen atoms in total. The number of nitrogens with zero attached hydrogens (tertiary/aromatic N) is 1. The summed E-state index contributed by atoms with van der Waals surface area (Å²) in [5.41, 5.74) is 2.17. The van der Waals surface area contributed by atoms with Crippen LogP contribution in [0.25, 0.3) is 0 Å². The summed E-state index contributed by atoms with van der Waals surface area (Å²) >= 11 is 1.40. The molecule has 2 aliphatic heterocycles. The second-order valence-electron chi connectivity index (χ2n) is 7.56. The average Bonchev–Trinajstić information content (AvgIpc) is 3.47. The Bertz CT molecular complexity index is 841. The molecule has 3 heterocycles. The Morgan fingerprint density at radius 1 is 1.10 bits per heavy atom. The van der Waals surface area contributed by atoms with E-state index >= 15 is 0 Å². The summed E-state index contributed by atoms with van der Waals surface area (Å²) in [6, 6.07) is 9.27. The maximum atomic E-state index is 13.0. The number of benzene rings is 1. The zero-order chi connectivity index (χ0) is 20.1. The van der Waals surface area contributed by atoms with Gasteiger partial charge >= 0.3 is 0 Å². The molecule has 0 spiro atoms. The predicted octanol–water partition coefficient (Wildman–Crippen LogP) is 3.90. The zero-order valence-electron chi connectivity index (χ0n) is 16.5. The number of hydrogen-bond donors (Lipinski definition) is 2. The van der Waals surface area contributed by atoms with Crippen LogP contribution in [0.15, 0.2) is 35.7 Å². The molecule has 2 aliphatic rings. The Morgan fingerprint density at radius 3 is 2.69 bits per heavy atom. The molecule has 2 N–H and O–H groups in total. The molecule has 154 valence electrons. The van der Waals surface area contributed by atoms with Crippen molar-refractivity contribution in [1.29, 1.82) is 0 Å². The van der Waals surface area contributed by atoms with Crippen molar-refractivity contribution >= 4 is 34.5 Å². The van der Waals surface area contributed by atoms with Gasteiger partial charge in [0.2, 0.25) is 0 Å². The van der Waals surface area contributed by atoms with Gasteiger partial charge in [-0.05, 0) is 61.7 Å². The standard InChI is InChI=1S/C22H27N3O3S/c26-21(23-15-17-6-4-12-28-17)18-14-16(24-22(27)20-7-5-13-29-20)8-9-19(18)25-10-2-1-3-11-25/h5,7-9,13-14,17H,1-4,6,10-12,15H2,(H,23,26)(H,24,27)/t17-/m1/s1. The van der Waals surface area contributed by atoms with Gasteiger partial charge in [0.1, 0.15) is 0 Å². The monoisotopic (exact) mass is 413 g/mol. The molecule has 2 fully saturated rings. The van der Waals surface area contributed by atoms with Crippen LogP contribution in [0.3, 0.4) is 0 Å². The molecule has 7 heteroatoms. The lowest BCUT2D eigenvalue weighted by molar-refractivity contribution is 0.0858. The maximum absolute atomic E-state index is 13.0. The lowest BCUT2D eigenvalue weighted by atomic mass is 10.1. The third-order valence-electron chi connectivity index (χ3n) is 5.46. The molecule has 0 bridgehead atoms. The van der Waals surface area contributed by atoms with Gasteiger partial charge in [0, 0.05) is 37.6 Å². The molecule has 0 radical (unpaired) electrons. The third-order valence-corrected chi connectivity index (χ3v) is 6.32. The molecule has 0 saturated carbocycles. The van der Waals surface area contributed by atoms with Crippen LogP contribution in [0, 0.1) is 0 Å². The number of hydrogen-bond acceptors (Lipinski definition) is 5. The summed E-state index contributed by atoms with van der Waals surface area (Å²) in [4.78, 5) is 28.4. The lowest BCUT2D eigenvalue weighted by Crippen LogP contribution is -2.35. The number of ether oxygens (including phenoxy) is 1. The van der Waals surface area contributed by atoms with E-state index in [1.165, 1.54) is 17.8 Å². The van der Waals surface area contributed by atoms with Crippen molar-refractivity contribution in [3.63, 3.8) is 0 Å². The van der Waals surface area contributed by atoms with E-state index in [0.717, 1.165) is 51.1 Å². The van der Waals surface area contributed by atoms with Crippen molar-refractivity contribution in [2.45, 2.75) is 38.2 Å². The molecular weight excluding hydrogens is 386 g/mol. The second-order valence-corrected chi connectivity index (χ2v) is 8.50. The Morgan fingerprint density at radius 2 is 1.97 bits per heavy atom. The van der Waals surface area contributed by atoms with Gasteiger partial charge in [0.25, 0.3) is 11.8 Å². The smallest absolute Gasteiger partial charge is 0.265 e. The minimum absolute atomic E-state index is 0.0964. The van der Waals surface area contributed by atoms with Gasteiger partial charge in [-0.1, -0.05) is 6.07 Å². The van der Waals surface area contributed by atoms with Gasteiger partial charge in [-0.3, -0.25) is 9.59 Å². The molecule has 1 atom stereocenters. The zero-order valence-corrected chi connectivity index (χ0v) is 17.3. The molecule has 4 rings (SSSR count). The molecular formula is C22H27N3O3S. The number of amides is 2. The van der Waals surface area contributed by atoms with Crippen molar-refractivity contribution in [3.05, 3.63) is 46.2 Å². The molecule has 2 saturated heterocycles. The van der Waals surface area contributed by atoms with Crippen molar-refractivity contribution in [2.75, 3.05) is 36.5 Å². The van der Waals surface area contributed by atoms with Gasteiger partial charge < -0.3 is 20.3 Å². The summed E-state index contributed by atoms with van der Waals surface area (Å²) in [5, 5.41) is 7.82. The van der Waals surface area contributed by atoms with Gasteiger partial charge in [-0.25, -0.2) is 0 Å². The van der Waals surface area contributed by atoms with Crippen molar-refractivity contribution in [2.24, 2.45) is 0 Å². The van der Waals surface area contributed by atoms with Crippen molar-refractivity contribution in [1.82, 2.24) is 5.32 Å². The van der Waals surface area contributed by atoms with Gasteiger partial charge in [0.05, 0.1) is 16.5 Å².